The van der Waals surface area contributed by atoms with E-state index < -0.39 is 11.5 Å². The molecule has 0 spiro atoms. The zero-order chi connectivity index (χ0) is 24.1. The van der Waals surface area contributed by atoms with Crippen molar-refractivity contribution in [2.45, 2.75) is 36.8 Å². The number of nitrogens with zero attached hydrogens (tertiary/aromatic N) is 4. The van der Waals surface area contributed by atoms with Gasteiger partial charge in [-0.2, -0.15) is 0 Å². The summed E-state index contributed by atoms with van der Waals surface area (Å²) < 4.78 is 6.17. The van der Waals surface area contributed by atoms with Crippen LogP contribution < -0.4 is 9.54 Å². The summed E-state index contributed by atoms with van der Waals surface area (Å²) in [7, 11) is 0. The Labute approximate surface area is 206 Å². The van der Waals surface area contributed by atoms with E-state index in [1.54, 1.807) is 38.6 Å². The predicted octanol–water partition coefficient (Wildman–Crippen LogP) is 4.14. The van der Waals surface area contributed by atoms with E-state index in [-0.39, 0.29) is 6.61 Å². The molecule has 0 aromatic carbocycles. The minimum atomic E-state index is -0.864. The molecule has 1 unspecified atom stereocenters. The van der Waals surface area contributed by atoms with Gasteiger partial charge in [-0.25, -0.2) is 0 Å². The molecule has 4 rings (SSSR count). The van der Waals surface area contributed by atoms with E-state index in [4.69, 9.17) is 4.74 Å². The fourth-order valence-corrected chi connectivity index (χ4v) is 4.47. The quantitative estimate of drug-likeness (QED) is 0.338. The maximum atomic E-state index is 10.6. The molecule has 1 atom stereocenters. The summed E-state index contributed by atoms with van der Waals surface area (Å²) in [6.07, 6.45) is 6.10. The van der Waals surface area contributed by atoms with Gasteiger partial charge in [0.2, 0.25) is 0 Å². The molecule has 0 radical (unpaired) electrons. The number of H-pyrrole nitrogens is 1. The van der Waals surface area contributed by atoms with Gasteiger partial charge in [0.15, 0.2) is 0 Å². The number of ether oxygens (including phenoxy) is 1. The Morgan fingerprint density at radius 3 is 2.74 bits per heavy atom. The van der Waals surface area contributed by atoms with Crippen LogP contribution >= 0.6 is 22.9 Å². The van der Waals surface area contributed by atoms with Crippen LogP contribution in [0.15, 0.2) is 69.9 Å². The molecule has 11 heteroatoms. The van der Waals surface area contributed by atoms with Gasteiger partial charge in [0, 0.05) is 0 Å². The van der Waals surface area contributed by atoms with Crippen LogP contribution in [0.4, 0.5) is 5.82 Å². The second-order valence-corrected chi connectivity index (χ2v) is 10.2. The third kappa shape index (κ3) is 5.79. The molecule has 0 amide bonds. The molecule has 174 valence electrons. The van der Waals surface area contributed by atoms with E-state index in [1.807, 2.05) is 43.3 Å². The number of rotatable bonds is 8. The van der Waals surface area contributed by atoms with E-state index in [0.29, 0.717) is 27.7 Å². The summed E-state index contributed by atoms with van der Waals surface area (Å²) in [6.45, 7) is 5.31. The third-order valence-corrected chi connectivity index (χ3v) is 6.74. The Hall–Kier alpha value is -2.86. The van der Waals surface area contributed by atoms with Crippen molar-refractivity contribution in [3.8, 4) is 11.5 Å². The molecule has 8 nitrogen and oxygen atoms in total. The van der Waals surface area contributed by atoms with Gasteiger partial charge >= 0.3 is 206 Å². The number of aliphatic hydroxyl groups is 2. The predicted molar refractivity (Wildman–Crippen MR) is 133 cm³/mol. The summed E-state index contributed by atoms with van der Waals surface area (Å²) in [4.78, 5) is 22.3. The van der Waals surface area contributed by atoms with Crippen LogP contribution in [0.1, 0.15) is 31.2 Å². The van der Waals surface area contributed by atoms with E-state index >= 15 is 0 Å². The first-order valence-electron chi connectivity index (χ1n) is 10.6. The SMILES string of the molecule is Cc1ncccc1Oc1cc(Sc2ccccn2)cnc1/N=c1/[nH]c(C(O)C(C)(C)CO)bs1. The van der Waals surface area contributed by atoms with E-state index in [9.17, 15) is 10.2 Å². The number of pyridine rings is 3. The number of nitrogens with one attached hydrogen (secondary N) is 1. The fraction of sp³-hybridized carbons (Fsp3) is 0.261. The van der Waals surface area contributed by atoms with Gasteiger partial charge in [-0.1, -0.05) is 0 Å². The van der Waals surface area contributed by atoms with Gasteiger partial charge < -0.3 is 0 Å². The molecule has 34 heavy (non-hydrogen) atoms. The van der Waals surface area contributed by atoms with Crippen molar-refractivity contribution in [3.63, 3.8) is 0 Å². The molecule has 0 aliphatic heterocycles. The van der Waals surface area contributed by atoms with Crippen molar-refractivity contribution in [3.05, 3.63) is 71.1 Å². The van der Waals surface area contributed by atoms with Crippen LogP contribution in [0, 0.1) is 12.3 Å². The molecule has 0 fully saturated rings. The summed E-state index contributed by atoms with van der Waals surface area (Å²) in [6, 6.07) is 11.2. The van der Waals surface area contributed by atoms with Crippen LogP contribution in [-0.2, 0) is 0 Å². The van der Waals surface area contributed by atoms with E-state index in [0.717, 1.165) is 15.6 Å². The van der Waals surface area contributed by atoms with Crippen molar-refractivity contribution in [2.24, 2.45) is 10.4 Å². The molecular formula is C23H24BN5O3S2. The third-order valence-electron chi connectivity index (χ3n) is 5.04. The molecule has 0 saturated heterocycles. The Bertz CT molecular complexity index is 1330. The average molecular weight is 493 g/mol. The second kappa shape index (κ2) is 10.6. The standard InChI is InChI=1S/C23H24BN5O3S2/c1-14-16(7-6-10-25-14)32-17-11-15(33-18-8-4-5-9-26-18)12-27-21(17)29-22-28-20(24-34-22)19(31)23(2,3)13-30/h4-12,19,30-31H,13H2,1-3H3,(H,27,28,29). The molecule has 0 aliphatic rings. The minimum absolute atomic E-state index is 0.149. The van der Waals surface area contributed by atoms with Crippen molar-refractivity contribution >= 4 is 34.9 Å². The van der Waals surface area contributed by atoms with Gasteiger partial charge in [-0.15, -0.1) is 0 Å². The number of hydrogen-bond acceptors (Lipinski definition) is 9. The summed E-state index contributed by atoms with van der Waals surface area (Å²) in [5.74, 6) is 1.46. The van der Waals surface area contributed by atoms with Crippen LogP contribution in [0.2, 0.25) is 0 Å². The summed E-state index contributed by atoms with van der Waals surface area (Å²) >= 11 is 2.81. The van der Waals surface area contributed by atoms with Crippen molar-refractivity contribution in [1.29, 1.82) is 0 Å². The number of hydrogen-bond donors (Lipinski definition) is 3. The van der Waals surface area contributed by atoms with Gasteiger partial charge in [-0.3, -0.25) is 0 Å². The van der Waals surface area contributed by atoms with Gasteiger partial charge in [0.1, 0.15) is 0 Å². The van der Waals surface area contributed by atoms with Gasteiger partial charge in [0.05, 0.1) is 0 Å². The molecule has 4 heterocycles. The molecule has 3 N–H and O–H groups in total. The molecule has 4 aromatic rings. The topological polar surface area (TPSA) is 117 Å². The number of aromatic amines is 1. The van der Waals surface area contributed by atoms with Crippen LogP contribution in [0.25, 0.3) is 0 Å². The van der Waals surface area contributed by atoms with Crippen LogP contribution in [0.5, 0.6) is 11.5 Å². The fourth-order valence-electron chi connectivity index (χ4n) is 2.95. The Morgan fingerprint density at radius 1 is 1.18 bits per heavy atom. The molecule has 0 bridgehead atoms. The maximum absolute atomic E-state index is 10.6. The Kier molecular flexibility index (Phi) is 7.57. The number of aryl methyl sites for hydroxylation is 1. The first-order chi connectivity index (χ1) is 16.4. The number of aromatic nitrogens is 4. The average Bonchev–Trinajstić information content (AvgIpc) is 3.30. The van der Waals surface area contributed by atoms with Crippen molar-refractivity contribution < 1.29 is 14.9 Å². The second-order valence-electron chi connectivity index (χ2n) is 8.23. The Balaban J connectivity index is 1.71. The molecule has 0 saturated carbocycles. The van der Waals surface area contributed by atoms with Crippen molar-refractivity contribution in [2.75, 3.05) is 6.61 Å². The number of aliphatic hydroxyl groups excluding tert-OH is 2. The molecule has 0 aliphatic carbocycles. The first kappa shape index (κ1) is 24.3. The zero-order valence-electron chi connectivity index (χ0n) is 19.0. The normalized spacial score (nSPS) is 13.0. The summed E-state index contributed by atoms with van der Waals surface area (Å²) in [5.41, 5.74) is 0.634. The molecule has 4 aromatic heterocycles. The Morgan fingerprint density at radius 2 is 2.00 bits per heavy atom. The van der Waals surface area contributed by atoms with Crippen LogP contribution in [-0.4, -0.2) is 42.9 Å². The van der Waals surface area contributed by atoms with Gasteiger partial charge in [0.25, 0.3) is 0 Å². The van der Waals surface area contributed by atoms with Crippen molar-refractivity contribution in [1.82, 2.24) is 19.9 Å². The molecular weight excluding hydrogens is 469 g/mol. The van der Waals surface area contributed by atoms with Crippen LogP contribution in [0.3, 0.4) is 0 Å². The zero-order valence-corrected chi connectivity index (χ0v) is 20.6. The first-order valence-corrected chi connectivity index (χ1v) is 12.2. The van der Waals surface area contributed by atoms with Gasteiger partial charge in [-0.05, 0) is 0 Å². The monoisotopic (exact) mass is 493 g/mol. The van der Waals surface area contributed by atoms with E-state index in [2.05, 4.69) is 24.9 Å². The summed E-state index contributed by atoms with van der Waals surface area (Å²) in [5, 5.41) is 21.0. The van der Waals surface area contributed by atoms with E-state index in [1.165, 1.54) is 22.9 Å².